The van der Waals surface area contributed by atoms with Gasteiger partial charge in [0.2, 0.25) is 0 Å². The fourth-order valence-corrected chi connectivity index (χ4v) is 4.62. The summed E-state index contributed by atoms with van der Waals surface area (Å²) in [5.74, 6) is 2.00. The van der Waals surface area contributed by atoms with Crippen LogP contribution in [-0.4, -0.2) is 54.2 Å². The molecule has 1 aliphatic heterocycles. The number of amides is 1. The van der Waals surface area contributed by atoms with E-state index in [1.54, 1.807) is 6.07 Å². The second-order valence-corrected chi connectivity index (χ2v) is 10.1. The monoisotopic (exact) mass is 559 g/mol. The summed E-state index contributed by atoms with van der Waals surface area (Å²) in [6.45, 7) is 12.0. The van der Waals surface area contributed by atoms with Gasteiger partial charge in [-0.05, 0) is 68.3 Å². The van der Waals surface area contributed by atoms with E-state index in [4.69, 9.17) is 4.74 Å². The Kier molecular flexibility index (Phi) is 11.8. The molecule has 6 nitrogen and oxygen atoms in total. The molecule has 0 unspecified atom stereocenters. The molecular formula is C30H39Cl2N3O3. The summed E-state index contributed by atoms with van der Waals surface area (Å²) in [6, 6.07) is 23.0. The fourth-order valence-electron chi connectivity index (χ4n) is 4.62. The number of anilines is 1. The van der Waals surface area contributed by atoms with Gasteiger partial charge >= 0.3 is 0 Å². The molecule has 0 aromatic heterocycles. The third-order valence-corrected chi connectivity index (χ3v) is 6.82. The minimum absolute atomic E-state index is 0. The number of nitrogens with zero attached hydrogens (tertiary/aromatic N) is 2. The van der Waals surface area contributed by atoms with E-state index < -0.39 is 0 Å². The van der Waals surface area contributed by atoms with Crippen LogP contribution in [0, 0.1) is 12.8 Å². The van der Waals surface area contributed by atoms with E-state index in [0.29, 0.717) is 29.0 Å². The number of phenols is 1. The van der Waals surface area contributed by atoms with Crippen molar-refractivity contribution in [2.24, 2.45) is 5.92 Å². The topological polar surface area (TPSA) is 65.0 Å². The summed E-state index contributed by atoms with van der Waals surface area (Å²) in [4.78, 5) is 17.8. The lowest BCUT2D eigenvalue weighted by Gasteiger charge is -2.42. The number of aryl methyl sites for hydroxylation is 1. The number of halogens is 2. The average molecular weight is 561 g/mol. The molecule has 3 aromatic rings. The average Bonchev–Trinajstić information content (AvgIpc) is 2.85. The molecule has 4 rings (SSSR count). The Morgan fingerprint density at radius 1 is 1.00 bits per heavy atom. The largest absolute Gasteiger partial charge is 0.508 e. The molecule has 1 amide bonds. The first-order valence-corrected chi connectivity index (χ1v) is 12.7. The lowest BCUT2D eigenvalue weighted by atomic mass is 10.0. The van der Waals surface area contributed by atoms with Gasteiger partial charge in [-0.25, -0.2) is 0 Å². The number of piperazine rings is 1. The van der Waals surface area contributed by atoms with Gasteiger partial charge in [0.15, 0.2) is 0 Å². The highest BCUT2D eigenvalue weighted by Crippen LogP contribution is 2.25. The highest BCUT2D eigenvalue weighted by molar-refractivity contribution is 5.94. The van der Waals surface area contributed by atoms with E-state index in [1.807, 2.05) is 73.7 Å². The molecule has 0 bridgehead atoms. The van der Waals surface area contributed by atoms with Crippen LogP contribution in [0.4, 0.5) is 5.69 Å². The van der Waals surface area contributed by atoms with Crippen LogP contribution < -0.4 is 15.0 Å². The van der Waals surface area contributed by atoms with E-state index in [1.165, 1.54) is 5.56 Å². The normalized spacial score (nSPS) is 16.2. The van der Waals surface area contributed by atoms with Crippen LogP contribution >= 0.6 is 24.8 Å². The van der Waals surface area contributed by atoms with E-state index >= 15 is 0 Å². The molecule has 38 heavy (non-hydrogen) atoms. The van der Waals surface area contributed by atoms with Gasteiger partial charge in [-0.15, -0.1) is 24.8 Å². The van der Waals surface area contributed by atoms with Gasteiger partial charge in [-0.2, -0.15) is 0 Å². The molecule has 1 heterocycles. The maximum atomic E-state index is 13.0. The third kappa shape index (κ3) is 8.29. The van der Waals surface area contributed by atoms with Gasteiger partial charge in [-0.1, -0.05) is 37.6 Å². The van der Waals surface area contributed by atoms with E-state index in [2.05, 4.69) is 35.9 Å². The predicted molar refractivity (Wildman–Crippen MR) is 160 cm³/mol. The SMILES string of the molecule is Cc1ccc(Oc2ccc(C(=O)N[C@H](CN3CCN(c4cccc(O)c4)[C@@H](C)C3)C(C)C)cc2)cc1.Cl.Cl. The zero-order valence-electron chi connectivity index (χ0n) is 22.5. The number of phenolic OH excluding ortho intramolecular Hbond substituents is 1. The van der Waals surface area contributed by atoms with Crippen LogP contribution in [-0.2, 0) is 0 Å². The lowest BCUT2D eigenvalue weighted by Crippen LogP contribution is -2.56. The Morgan fingerprint density at radius 2 is 1.63 bits per heavy atom. The number of carbonyl (C=O) groups is 1. The van der Waals surface area contributed by atoms with Crippen LogP contribution in [0.1, 0.15) is 36.7 Å². The zero-order chi connectivity index (χ0) is 25.7. The minimum Gasteiger partial charge on any atom is -0.508 e. The second kappa shape index (κ2) is 14.3. The Labute approximate surface area is 238 Å². The summed E-state index contributed by atoms with van der Waals surface area (Å²) in [7, 11) is 0. The highest BCUT2D eigenvalue weighted by Gasteiger charge is 2.27. The molecule has 0 aliphatic carbocycles. The van der Waals surface area contributed by atoms with Crippen LogP contribution in [0.25, 0.3) is 0 Å². The van der Waals surface area contributed by atoms with Gasteiger partial charge in [0.05, 0.1) is 0 Å². The number of rotatable bonds is 8. The van der Waals surface area contributed by atoms with Crippen molar-refractivity contribution in [2.75, 3.05) is 31.1 Å². The third-order valence-electron chi connectivity index (χ3n) is 6.82. The van der Waals surface area contributed by atoms with Gasteiger partial charge in [0.1, 0.15) is 17.2 Å². The number of aromatic hydroxyl groups is 1. The van der Waals surface area contributed by atoms with Crippen LogP contribution in [0.15, 0.2) is 72.8 Å². The minimum atomic E-state index is -0.0676. The number of hydrogen-bond acceptors (Lipinski definition) is 5. The number of hydrogen-bond donors (Lipinski definition) is 2. The molecular weight excluding hydrogens is 521 g/mol. The number of ether oxygens (including phenoxy) is 1. The Bertz CT molecular complexity index is 1160. The van der Waals surface area contributed by atoms with Gasteiger partial charge < -0.3 is 20.1 Å². The quantitative estimate of drug-likeness (QED) is 0.339. The van der Waals surface area contributed by atoms with Gasteiger partial charge in [-0.3, -0.25) is 9.69 Å². The lowest BCUT2D eigenvalue weighted by molar-refractivity contribution is 0.0903. The summed E-state index contributed by atoms with van der Waals surface area (Å²) in [5, 5.41) is 13.1. The molecule has 1 fully saturated rings. The van der Waals surface area contributed by atoms with Crippen molar-refractivity contribution in [1.82, 2.24) is 10.2 Å². The van der Waals surface area contributed by atoms with E-state index in [9.17, 15) is 9.90 Å². The number of carbonyl (C=O) groups excluding carboxylic acids is 1. The van der Waals surface area contributed by atoms with E-state index in [-0.39, 0.29) is 36.8 Å². The van der Waals surface area contributed by atoms with Crippen molar-refractivity contribution in [3.05, 3.63) is 83.9 Å². The fraction of sp³-hybridized carbons (Fsp3) is 0.367. The summed E-state index contributed by atoms with van der Waals surface area (Å²) in [5.41, 5.74) is 2.85. The van der Waals surface area contributed by atoms with Crippen molar-refractivity contribution in [2.45, 2.75) is 39.8 Å². The van der Waals surface area contributed by atoms with Crippen molar-refractivity contribution in [3.63, 3.8) is 0 Å². The first-order valence-electron chi connectivity index (χ1n) is 12.7. The van der Waals surface area contributed by atoms with Crippen molar-refractivity contribution in [1.29, 1.82) is 0 Å². The molecule has 0 spiro atoms. The van der Waals surface area contributed by atoms with Crippen LogP contribution in [0.5, 0.6) is 17.2 Å². The summed E-state index contributed by atoms with van der Waals surface area (Å²) >= 11 is 0. The van der Waals surface area contributed by atoms with Crippen molar-refractivity contribution < 1.29 is 14.6 Å². The molecule has 206 valence electrons. The number of benzene rings is 3. The molecule has 0 saturated carbocycles. The number of nitrogens with one attached hydrogen (secondary N) is 1. The maximum absolute atomic E-state index is 13.0. The van der Waals surface area contributed by atoms with Crippen LogP contribution in [0.2, 0.25) is 0 Å². The summed E-state index contributed by atoms with van der Waals surface area (Å²) < 4.78 is 5.89. The standard InChI is InChI=1S/C30H37N3O3.2ClH/c1-21(2)29(20-32-16-17-33(23(4)19-32)25-6-5-7-26(34)18-25)31-30(35)24-10-14-28(15-11-24)36-27-12-8-22(3)9-13-27;;/h5-15,18,21,23,29,34H,16-17,19-20H2,1-4H3,(H,31,35);2*1H/t23-,29+;;/m0../s1. The van der Waals surface area contributed by atoms with E-state index in [0.717, 1.165) is 37.6 Å². The Balaban J connectivity index is 0.00000253. The molecule has 2 N–H and O–H groups in total. The zero-order valence-corrected chi connectivity index (χ0v) is 24.1. The Hall–Kier alpha value is -2.93. The highest BCUT2D eigenvalue weighted by atomic mass is 35.5. The molecule has 2 atom stereocenters. The molecule has 8 heteroatoms. The molecule has 3 aromatic carbocycles. The predicted octanol–water partition coefficient (Wildman–Crippen LogP) is 6.30. The molecule has 1 aliphatic rings. The van der Waals surface area contributed by atoms with Gasteiger partial charge in [0, 0.05) is 55.6 Å². The maximum Gasteiger partial charge on any atom is 0.251 e. The van der Waals surface area contributed by atoms with Crippen molar-refractivity contribution >= 4 is 36.4 Å². The molecule has 1 saturated heterocycles. The first kappa shape index (κ1) is 31.3. The smallest absolute Gasteiger partial charge is 0.251 e. The first-order chi connectivity index (χ1) is 17.3. The molecule has 0 radical (unpaired) electrons. The second-order valence-electron chi connectivity index (χ2n) is 10.1. The summed E-state index contributed by atoms with van der Waals surface area (Å²) in [6.07, 6.45) is 0. The Morgan fingerprint density at radius 3 is 2.21 bits per heavy atom. The van der Waals surface area contributed by atoms with Crippen molar-refractivity contribution in [3.8, 4) is 17.2 Å². The van der Waals surface area contributed by atoms with Gasteiger partial charge in [0.25, 0.3) is 5.91 Å². The van der Waals surface area contributed by atoms with Crippen LogP contribution in [0.3, 0.4) is 0 Å².